The average Bonchev–Trinajstić information content (AvgIpc) is 3.33. The molecule has 0 radical (unpaired) electrons. The molecule has 0 atom stereocenters. The van der Waals surface area contributed by atoms with Crippen molar-refractivity contribution in [2.75, 3.05) is 19.6 Å². The Hall–Kier alpha value is -1.26. The standard InChI is InChI=1S/C17H22N2O4S3/c1-2-18(14-15-6-5-13-24-15)25(20,21)16-7-9-17(10-8-16)26(22,23)19-11-3-4-12-19/h5-10,13H,2-4,11-12,14H2,1H3. The minimum atomic E-state index is -3.68. The summed E-state index contributed by atoms with van der Waals surface area (Å²) in [5.41, 5.74) is 0. The summed E-state index contributed by atoms with van der Waals surface area (Å²) in [4.78, 5) is 1.21. The van der Waals surface area contributed by atoms with Gasteiger partial charge in [-0.25, -0.2) is 16.8 Å². The maximum Gasteiger partial charge on any atom is 0.243 e. The van der Waals surface area contributed by atoms with E-state index in [9.17, 15) is 16.8 Å². The summed E-state index contributed by atoms with van der Waals surface area (Å²) in [6.45, 7) is 3.48. The molecule has 0 unspecified atom stereocenters. The van der Waals surface area contributed by atoms with Crippen LogP contribution in [0, 0.1) is 0 Å². The molecule has 0 aliphatic carbocycles. The summed E-state index contributed by atoms with van der Waals surface area (Å²) in [6, 6.07) is 9.33. The second kappa shape index (κ2) is 7.77. The summed E-state index contributed by atoms with van der Waals surface area (Å²) >= 11 is 1.51. The maximum absolute atomic E-state index is 12.9. The third-order valence-electron chi connectivity index (χ3n) is 4.43. The number of benzene rings is 1. The summed E-state index contributed by atoms with van der Waals surface area (Å²) < 4.78 is 53.7. The van der Waals surface area contributed by atoms with Gasteiger partial charge in [0.05, 0.1) is 9.79 Å². The molecule has 1 aromatic carbocycles. The second-order valence-electron chi connectivity index (χ2n) is 6.09. The highest BCUT2D eigenvalue weighted by Gasteiger charge is 2.28. The normalized spacial score (nSPS) is 16.4. The lowest BCUT2D eigenvalue weighted by Gasteiger charge is -2.20. The van der Waals surface area contributed by atoms with Crippen LogP contribution in [-0.2, 0) is 26.6 Å². The van der Waals surface area contributed by atoms with Crippen LogP contribution < -0.4 is 0 Å². The largest absolute Gasteiger partial charge is 0.243 e. The smallest absolute Gasteiger partial charge is 0.207 e. The lowest BCUT2D eigenvalue weighted by Crippen LogP contribution is -2.30. The first-order valence-corrected chi connectivity index (χ1v) is 12.2. The number of sulfonamides is 2. The van der Waals surface area contributed by atoms with Crippen molar-refractivity contribution < 1.29 is 16.8 Å². The van der Waals surface area contributed by atoms with Crippen LogP contribution in [-0.4, -0.2) is 45.1 Å². The zero-order valence-corrected chi connectivity index (χ0v) is 17.0. The van der Waals surface area contributed by atoms with Crippen molar-refractivity contribution in [2.24, 2.45) is 0 Å². The minimum Gasteiger partial charge on any atom is -0.207 e. The van der Waals surface area contributed by atoms with Crippen molar-refractivity contribution in [1.29, 1.82) is 0 Å². The van der Waals surface area contributed by atoms with Gasteiger partial charge in [-0.05, 0) is 48.6 Å². The molecular formula is C17H22N2O4S3. The molecule has 0 bridgehead atoms. The van der Waals surface area contributed by atoms with Crippen molar-refractivity contribution in [3.8, 4) is 0 Å². The van der Waals surface area contributed by atoms with Gasteiger partial charge in [-0.15, -0.1) is 11.3 Å². The predicted octanol–water partition coefficient (Wildman–Crippen LogP) is 2.74. The minimum absolute atomic E-state index is 0.108. The molecule has 1 aliphatic rings. The fourth-order valence-electron chi connectivity index (χ4n) is 2.95. The van der Waals surface area contributed by atoms with Crippen LogP contribution in [0.4, 0.5) is 0 Å². The fraction of sp³-hybridized carbons (Fsp3) is 0.412. The Kier molecular flexibility index (Phi) is 5.83. The molecule has 0 N–H and O–H groups in total. The van der Waals surface area contributed by atoms with E-state index in [1.54, 1.807) is 6.92 Å². The Morgan fingerprint density at radius 2 is 1.62 bits per heavy atom. The summed E-state index contributed by atoms with van der Waals surface area (Å²) in [6.07, 6.45) is 1.72. The molecule has 0 saturated carbocycles. The van der Waals surface area contributed by atoms with Gasteiger partial charge in [-0.2, -0.15) is 8.61 Å². The monoisotopic (exact) mass is 414 g/mol. The molecule has 2 heterocycles. The number of rotatable bonds is 7. The van der Waals surface area contributed by atoms with Crippen LogP contribution in [0.1, 0.15) is 24.6 Å². The highest BCUT2D eigenvalue weighted by molar-refractivity contribution is 7.89. The van der Waals surface area contributed by atoms with Gasteiger partial charge < -0.3 is 0 Å². The third kappa shape index (κ3) is 3.86. The molecule has 1 aromatic heterocycles. The van der Waals surface area contributed by atoms with Gasteiger partial charge in [0, 0.05) is 31.1 Å². The Morgan fingerprint density at radius 3 is 2.15 bits per heavy atom. The van der Waals surface area contributed by atoms with E-state index in [1.165, 1.54) is 44.2 Å². The molecule has 0 amide bonds. The molecule has 26 heavy (non-hydrogen) atoms. The first-order valence-electron chi connectivity index (χ1n) is 8.48. The van der Waals surface area contributed by atoms with Crippen LogP contribution in [0.5, 0.6) is 0 Å². The first kappa shape index (κ1) is 19.5. The highest BCUT2D eigenvalue weighted by atomic mass is 32.2. The van der Waals surface area contributed by atoms with Crippen molar-refractivity contribution in [3.63, 3.8) is 0 Å². The van der Waals surface area contributed by atoms with E-state index < -0.39 is 20.0 Å². The van der Waals surface area contributed by atoms with Gasteiger partial charge in [0.15, 0.2) is 0 Å². The first-order chi connectivity index (χ1) is 12.4. The SMILES string of the molecule is CCN(Cc1cccs1)S(=O)(=O)c1ccc(S(=O)(=O)N2CCCC2)cc1. The highest BCUT2D eigenvalue weighted by Crippen LogP contribution is 2.24. The third-order valence-corrected chi connectivity index (χ3v) is 9.14. The van der Waals surface area contributed by atoms with Gasteiger partial charge in [-0.1, -0.05) is 13.0 Å². The van der Waals surface area contributed by atoms with Gasteiger partial charge in [0.25, 0.3) is 0 Å². The van der Waals surface area contributed by atoms with Crippen LogP contribution in [0.3, 0.4) is 0 Å². The van der Waals surface area contributed by atoms with Crippen LogP contribution in [0.15, 0.2) is 51.6 Å². The number of nitrogens with zero attached hydrogens (tertiary/aromatic N) is 2. The molecule has 2 aromatic rings. The fourth-order valence-corrected chi connectivity index (χ4v) is 6.70. The van der Waals surface area contributed by atoms with Crippen molar-refractivity contribution in [3.05, 3.63) is 46.7 Å². The van der Waals surface area contributed by atoms with E-state index in [-0.39, 0.29) is 9.79 Å². The summed E-state index contributed by atoms with van der Waals surface area (Å²) in [5.74, 6) is 0. The quantitative estimate of drug-likeness (QED) is 0.698. The predicted molar refractivity (Wildman–Crippen MR) is 102 cm³/mol. The van der Waals surface area contributed by atoms with E-state index in [0.29, 0.717) is 26.2 Å². The maximum atomic E-state index is 12.9. The van der Waals surface area contributed by atoms with Gasteiger partial charge in [0.1, 0.15) is 0 Å². The van der Waals surface area contributed by atoms with E-state index in [1.807, 2.05) is 17.5 Å². The van der Waals surface area contributed by atoms with Gasteiger partial charge >= 0.3 is 0 Å². The van der Waals surface area contributed by atoms with Gasteiger partial charge in [-0.3, -0.25) is 0 Å². The molecule has 9 heteroatoms. The molecule has 142 valence electrons. The molecule has 0 spiro atoms. The van der Waals surface area contributed by atoms with E-state index in [4.69, 9.17) is 0 Å². The Bertz CT molecular complexity index is 930. The molecular weight excluding hydrogens is 392 g/mol. The zero-order valence-electron chi connectivity index (χ0n) is 14.5. The average molecular weight is 415 g/mol. The summed E-state index contributed by atoms with van der Waals surface area (Å²) in [7, 11) is -7.22. The topological polar surface area (TPSA) is 74.8 Å². The molecule has 1 fully saturated rings. The Labute approximate surface area is 159 Å². The second-order valence-corrected chi connectivity index (χ2v) is 11.0. The lowest BCUT2D eigenvalue weighted by molar-refractivity contribution is 0.426. The Balaban J connectivity index is 1.84. The summed E-state index contributed by atoms with van der Waals surface area (Å²) in [5, 5.41) is 1.91. The molecule has 1 saturated heterocycles. The lowest BCUT2D eigenvalue weighted by atomic mass is 10.4. The van der Waals surface area contributed by atoms with E-state index in [2.05, 4.69) is 0 Å². The van der Waals surface area contributed by atoms with Crippen molar-refractivity contribution >= 4 is 31.4 Å². The van der Waals surface area contributed by atoms with Crippen molar-refractivity contribution in [2.45, 2.75) is 36.1 Å². The van der Waals surface area contributed by atoms with Crippen molar-refractivity contribution in [1.82, 2.24) is 8.61 Å². The molecule has 1 aliphatic heterocycles. The number of thiophene rings is 1. The van der Waals surface area contributed by atoms with Crippen LogP contribution >= 0.6 is 11.3 Å². The molecule has 6 nitrogen and oxygen atoms in total. The zero-order chi connectivity index (χ0) is 18.8. The number of hydrogen-bond donors (Lipinski definition) is 0. The van der Waals surface area contributed by atoms with E-state index in [0.717, 1.165) is 17.7 Å². The van der Waals surface area contributed by atoms with Gasteiger partial charge in [0.2, 0.25) is 20.0 Å². The van der Waals surface area contributed by atoms with Crippen LogP contribution in [0.25, 0.3) is 0 Å². The van der Waals surface area contributed by atoms with Crippen LogP contribution in [0.2, 0.25) is 0 Å². The molecule has 3 rings (SSSR count). The number of hydrogen-bond acceptors (Lipinski definition) is 5. The Morgan fingerprint density at radius 1 is 1.00 bits per heavy atom. The van der Waals surface area contributed by atoms with E-state index >= 15 is 0 Å².